The van der Waals surface area contributed by atoms with Gasteiger partial charge < -0.3 is 9.73 Å². The van der Waals surface area contributed by atoms with E-state index in [-0.39, 0.29) is 11.0 Å². The van der Waals surface area contributed by atoms with Crippen LogP contribution in [0.15, 0.2) is 53.0 Å². The summed E-state index contributed by atoms with van der Waals surface area (Å²) in [6.07, 6.45) is 2.95. The number of rotatable bonds is 4. The van der Waals surface area contributed by atoms with E-state index >= 15 is 0 Å². The number of amides is 1. The molecule has 0 aliphatic rings. The SMILES string of the molecule is Cc1ccc(-c2ccc(/C=C/C(=O)NC(=S)Nc3nc4c(C)ccc(C)c4s3)o2)cc1Cl. The number of thiocarbonyl (C=S) groups is 1. The molecule has 0 atom stereocenters. The molecular weight excluding hydrogens is 462 g/mol. The summed E-state index contributed by atoms with van der Waals surface area (Å²) in [4.78, 5) is 16.8. The zero-order valence-electron chi connectivity index (χ0n) is 17.7. The number of aromatic nitrogens is 1. The van der Waals surface area contributed by atoms with Gasteiger partial charge in [-0.2, -0.15) is 0 Å². The Bertz CT molecular complexity index is 1330. The van der Waals surface area contributed by atoms with Crippen molar-refractivity contribution in [2.24, 2.45) is 0 Å². The highest BCUT2D eigenvalue weighted by atomic mass is 35.5. The van der Waals surface area contributed by atoms with Crippen LogP contribution in [0.4, 0.5) is 5.13 Å². The number of anilines is 1. The predicted molar refractivity (Wildman–Crippen MR) is 136 cm³/mol. The van der Waals surface area contributed by atoms with Crippen LogP contribution >= 0.6 is 35.2 Å². The van der Waals surface area contributed by atoms with Crippen molar-refractivity contribution in [3.8, 4) is 11.3 Å². The van der Waals surface area contributed by atoms with Crippen LogP contribution in [0, 0.1) is 20.8 Å². The number of carbonyl (C=O) groups is 1. The molecule has 2 heterocycles. The van der Waals surface area contributed by atoms with Gasteiger partial charge in [-0.1, -0.05) is 47.2 Å². The molecule has 1 amide bonds. The van der Waals surface area contributed by atoms with E-state index in [0.29, 0.717) is 21.7 Å². The van der Waals surface area contributed by atoms with E-state index in [1.807, 2.05) is 51.1 Å². The Labute approximate surface area is 200 Å². The molecule has 162 valence electrons. The monoisotopic (exact) mass is 481 g/mol. The summed E-state index contributed by atoms with van der Waals surface area (Å²) in [5.41, 5.74) is 5.06. The molecule has 4 rings (SSSR count). The molecule has 2 N–H and O–H groups in total. The van der Waals surface area contributed by atoms with Crippen molar-refractivity contribution in [2.75, 3.05) is 5.32 Å². The lowest BCUT2D eigenvalue weighted by atomic mass is 10.1. The fourth-order valence-electron chi connectivity index (χ4n) is 3.10. The van der Waals surface area contributed by atoms with E-state index in [9.17, 15) is 4.79 Å². The van der Waals surface area contributed by atoms with E-state index in [2.05, 4.69) is 21.7 Å². The Hall–Kier alpha value is -3.00. The summed E-state index contributed by atoms with van der Waals surface area (Å²) in [5.74, 6) is 0.848. The first-order valence-corrected chi connectivity index (χ1v) is 11.4. The van der Waals surface area contributed by atoms with Crippen molar-refractivity contribution in [1.29, 1.82) is 0 Å². The molecule has 0 aliphatic carbocycles. The molecule has 0 bridgehead atoms. The molecule has 32 heavy (non-hydrogen) atoms. The number of furan rings is 1. The summed E-state index contributed by atoms with van der Waals surface area (Å²) in [7, 11) is 0. The number of nitrogens with zero attached hydrogens (tertiary/aromatic N) is 1. The minimum absolute atomic E-state index is 0.184. The van der Waals surface area contributed by atoms with Gasteiger partial charge in [0, 0.05) is 16.7 Å². The van der Waals surface area contributed by atoms with Gasteiger partial charge in [0.2, 0.25) is 5.91 Å². The minimum atomic E-state index is -0.368. The number of nitrogens with one attached hydrogen (secondary N) is 2. The van der Waals surface area contributed by atoms with Gasteiger partial charge in [-0.3, -0.25) is 10.1 Å². The first kappa shape index (κ1) is 22.2. The maximum atomic E-state index is 12.3. The minimum Gasteiger partial charge on any atom is -0.457 e. The molecule has 4 aromatic rings. The first-order chi connectivity index (χ1) is 15.3. The highest BCUT2D eigenvalue weighted by Crippen LogP contribution is 2.31. The third-order valence-corrected chi connectivity index (χ3v) is 6.60. The quantitative estimate of drug-likeness (QED) is 0.252. The Balaban J connectivity index is 1.38. The van der Waals surface area contributed by atoms with Crippen molar-refractivity contribution in [2.45, 2.75) is 20.8 Å². The normalized spacial score (nSPS) is 11.2. The fraction of sp³-hybridized carbons (Fsp3) is 0.125. The zero-order chi connectivity index (χ0) is 22.8. The number of fused-ring (bicyclic) bond motifs is 1. The average Bonchev–Trinajstić information content (AvgIpc) is 3.39. The van der Waals surface area contributed by atoms with Gasteiger partial charge in [0.05, 0.1) is 10.2 Å². The number of benzene rings is 2. The largest absolute Gasteiger partial charge is 0.457 e. The second kappa shape index (κ2) is 9.24. The Morgan fingerprint density at radius 2 is 1.84 bits per heavy atom. The van der Waals surface area contributed by atoms with E-state index in [1.165, 1.54) is 17.4 Å². The summed E-state index contributed by atoms with van der Waals surface area (Å²) < 4.78 is 6.89. The molecule has 0 spiro atoms. The zero-order valence-corrected chi connectivity index (χ0v) is 20.0. The van der Waals surface area contributed by atoms with Gasteiger partial charge in [0.15, 0.2) is 10.2 Å². The van der Waals surface area contributed by atoms with Gasteiger partial charge in [-0.15, -0.1) is 0 Å². The van der Waals surface area contributed by atoms with E-state index in [0.717, 1.165) is 32.5 Å². The molecule has 0 radical (unpaired) electrons. The number of aryl methyl sites for hydroxylation is 3. The van der Waals surface area contributed by atoms with Crippen LogP contribution in [0.25, 0.3) is 27.6 Å². The van der Waals surface area contributed by atoms with E-state index in [4.69, 9.17) is 28.2 Å². The lowest BCUT2D eigenvalue weighted by Crippen LogP contribution is -2.32. The summed E-state index contributed by atoms with van der Waals surface area (Å²) >= 11 is 12.9. The number of hydrogen-bond donors (Lipinski definition) is 2. The molecule has 2 aromatic heterocycles. The van der Waals surface area contributed by atoms with Gasteiger partial charge in [0.25, 0.3) is 0 Å². The fourth-order valence-corrected chi connectivity index (χ4v) is 4.55. The molecule has 5 nitrogen and oxygen atoms in total. The maximum Gasteiger partial charge on any atom is 0.250 e. The predicted octanol–water partition coefficient (Wildman–Crippen LogP) is 6.66. The van der Waals surface area contributed by atoms with Crippen LogP contribution in [0.5, 0.6) is 0 Å². The molecule has 0 unspecified atom stereocenters. The third kappa shape index (κ3) is 4.91. The van der Waals surface area contributed by atoms with Crippen LogP contribution in [-0.2, 0) is 4.79 Å². The Morgan fingerprint density at radius 3 is 2.59 bits per heavy atom. The second-order valence-corrected chi connectivity index (χ2v) is 9.15. The van der Waals surface area contributed by atoms with Crippen LogP contribution in [0.1, 0.15) is 22.5 Å². The lowest BCUT2D eigenvalue weighted by molar-refractivity contribution is -0.115. The average molecular weight is 482 g/mol. The maximum absolute atomic E-state index is 12.3. The lowest BCUT2D eigenvalue weighted by Gasteiger charge is -2.04. The molecule has 0 saturated heterocycles. The molecular formula is C24H20ClN3O2S2. The van der Waals surface area contributed by atoms with Crippen LogP contribution in [0.3, 0.4) is 0 Å². The van der Waals surface area contributed by atoms with Gasteiger partial charge in [-0.25, -0.2) is 4.98 Å². The number of carbonyl (C=O) groups excluding carboxylic acids is 1. The molecule has 0 fully saturated rings. The van der Waals surface area contributed by atoms with Crippen molar-refractivity contribution < 1.29 is 9.21 Å². The van der Waals surface area contributed by atoms with Crippen LogP contribution < -0.4 is 10.6 Å². The number of hydrogen-bond acceptors (Lipinski definition) is 5. The van der Waals surface area contributed by atoms with Gasteiger partial charge >= 0.3 is 0 Å². The Kier molecular flexibility index (Phi) is 6.41. The number of halogens is 1. The van der Waals surface area contributed by atoms with Crippen molar-refractivity contribution in [1.82, 2.24) is 10.3 Å². The van der Waals surface area contributed by atoms with Gasteiger partial charge in [0.1, 0.15) is 11.5 Å². The highest BCUT2D eigenvalue weighted by Gasteiger charge is 2.11. The van der Waals surface area contributed by atoms with E-state index in [1.54, 1.807) is 12.1 Å². The third-order valence-electron chi connectivity index (χ3n) is 4.88. The van der Waals surface area contributed by atoms with E-state index < -0.39 is 0 Å². The van der Waals surface area contributed by atoms with Crippen molar-refractivity contribution >= 4 is 67.6 Å². The molecule has 2 aromatic carbocycles. The summed E-state index contributed by atoms with van der Waals surface area (Å²) in [6.45, 7) is 6.00. The molecule has 8 heteroatoms. The highest BCUT2D eigenvalue weighted by molar-refractivity contribution is 7.80. The first-order valence-electron chi connectivity index (χ1n) is 9.83. The summed E-state index contributed by atoms with van der Waals surface area (Å²) in [6, 6.07) is 13.5. The van der Waals surface area contributed by atoms with Crippen LogP contribution in [-0.4, -0.2) is 16.0 Å². The van der Waals surface area contributed by atoms with Crippen molar-refractivity contribution in [3.05, 3.63) is 76.0 Å². The smallest absolute Gasteiger partial charge is 0.250 e. The summed E-state index contributed by atoms with van der Waals surface area (Å²) in [5, 5.41) is 7.11. The molecule has 0 saturated carbocycles. The van der Waals surface area contributed by atoms with Gasteiger partial charge in [-0.05, 0) is 74.0 Å². The number of thiazole rings is 1. The topological polar surface area (TPSA) is 67.2 Å². The Morgan fingerprint density at radius 1 is 1.09 bits per heavy atom. The standard InChI is InChI=1S/C24H20ClN3O2S2/c1-13-6-7-16(12-18(13)25)19-10-8-17(30-19)9-11-20(29)26-23(31)28-24-27-21-14(2)4-5-15(3)22(21)32-24/h4-12H,1-3H3,(H2,26,27,28,29,31)/b11-9+. The van der Waals surface area contributed by atoms with Crippen LogP contribution in [0.2, 0.25) is 5.02 Å². The second-order valence-electron chi connectivity index (χ2n) is 7.34. The van der Waals surface area contributed by atoms with Crippen molar-refractivity contribution in [3.63, 3.8) is 0 Å². The molecule has 0 aliphatic heterocycles.